The van der Waals surface area contributed by atoms with E-state index < -0.39 is 17.7 Å². The molecule has 0 saturated carbocycles. The number of rotatable bonds is 5. The molecular weight excluding hydrogens is 241 g/mol. The predicted molar refractivity (Wildman–Crippen MR) is 63.6 cm³/mol. The number of anilines is 1. The molecule has 5 nitrogen and oxygen atoms in total. The van der Waals surface area contributed by atoms with Gasteiger partial charge in [-0.25, -0.2) is 9.18 Å². The third kappa shape index (κ3) is 4.34. The van der Waals surface area contributed by atoms with Gasteiger partial charge in [0.05, 0.1) is 5.69 Å². The number of hydrogen-bond donors (Lipinski definition) is 2. The van der Waals surface area contributed by atoms with Crippen molar-refractivity contribution in [3.05, 3.63) is 35.7 Å². The molecule has 0 fully saturated rings. The average Bonchev–Trinajstić information content (AvgIpc) is 2.30. The molecule has 96 valence electrons. The Balaban J connectivity index is 2.79. The van der Waals surface area contributed by atoms with Crippen LogP contribution >= 0.6 is 0 Å². The number of carboxylic acid groups (broad SMARTS) is 1. The van der Waals surface area contributed by atoms with Gasteiger partial charge in [-0.2, -0.15) is 0 Å². The highest BCUT2D eigenvalue weighted by Crippen LogP contribution is 2.16. The van der Waals surface area contributed by atoms with Crippen LogP contribution in [0.4, 0.5) is 10.1 Å². The molecular formula is C12H12FNO4. The lowest BCUT2D eigenvalue weighted by Gasteiger charge is -2.06. The highest BCUT2D eigenvalue weighted by molar-refractivity contribution is 5.92. The van der Waals surface area contributed by atoms with Gasteiger partial charge in [0, 0.05) is 13.2 Å². The minimum Gasteiger partial charge on any atom is -0.478 e. The van der Waals surface area contributed by atoms with Crippen molar-refractivity contribution in [3.8, 4) is 0 Å². The van der Waals surface area contributed by atoms with Crippen LogP contribution in [0.25, 0.3) is 6.08 Å². The zero-order valence-electron chi connectivity index (χ0n) is 9.64. The number of carboxylic acids is 1. The fourth-order valence-corrected chi connectivity index (χ4v) is 1.22. The van der Waals surface area contributed by atoms with Crippen molar-refractivity contribution in [2.24, 2.45) is 0 Å². The van der Waals surface area contributed by atoms with Gasteiger partial charge in [-0.15, -0.1) is 0 Å². The van der Waals surface area contributed by atoms with Crippen LogP contribution in [0.15, 0.2) is 24.3 Å². The molecule has 1 amide bonds. The SMILES string of the molecule is COCC(=O)Nc1ccc(C=CC(=O)O)cc1F. The second-order valence-corrected chi connectivity index (χ2v) is 3.39. The van der Waals surface area contributed by atoms with Crippen molar-refractivity contribution < 1.29 is 23.8 Å². The number of nitrogens with one attached hydrogen (secondary N) is 1. The van der Waals surface area contributed by atoms with E-state index in [4.69, 9.17) is 5.11 Å². The van der Waals surface area contributed by atoms with E-state index in [2.05, 4.69) is 10.1 Å². The lowest BCUT2D eigenvalue weighted by Crippen LogP contribution is -2.17. The number of ether oxygens (including phenoxy) is 1. The molecule has 6 heteroatoms. The van der Waals surface area contributed by atoms with Gasteiger partial charge in [0.15, 0.2) is 0 Å². The van der Waals surface area contributed by atoms with Gasteiger partial charge in [-0.05, 0) is 23.8 Å². The van der Waals surface area contributed by atoms with Gasteiger partial charge in [0.1, 0.15) is 12.4 Å². The summed E-state index contributed by atoms with van der Waals surface area (Å²) >= 11 is 0. The molecule has 0 atom stereocenters. The van der Waals surface area contributed by atoms with Crippen LogP contribution in [0.3, 0.4) is 0 Å². The van der Waals surface area contributed by atoms with E-state index in [-0.39, 0.29) is 12.3 Å². The number of halogens is 1. The van der Waals surface area contributed by atoms with Gasteiger partial charge in [-0.3, -0.25) is 4.79 Å². The number of amides is 1. The van der Waals surface area contributed by atoms with Crippen LogP contribution in [0.5, 0.6) is 0 Å². The molecule has 0 aromatic heterocycles. The van der Waals surface area contributed by atoms with Crippen molar-refractivity contribution in [2.75, 3.05) is 19.0 Å². The van der Waals surface area contributed by atoms with Crippen LogP contribution in [0, 0.1) is 5.82 Å². The Morgan fingerprint density at radius 2 is 2.22 bits per heavy atom. The Morgan fingerprint density at radius 1 is 1.50 bits per heavy atom. The van der Waals surface area contributed by atoms with Crippen molar-refractivity contribution >= 4 is 23.6 Å². The Labute approximate surface area is 103 Å². The first-order valence-electron chi connectivity index (χ1n) is 5.02. The lowest BCUT2D eigenvalue weighted by molar-refractivity contribution is -0.131. The van der Waals surface area contributed by atoms with Gasteiger partial charge >= 0.3 is 5.97 Å². The lowest BCUT2D eigenvalue weighted by atomic mass is 10.2. The summed E-state index contributed by atoms with van der Waals surface area (Å²) < 4.78 is 18.1. The Kier molecular flexibility index (Phi) is 5.01. The molecule has 2 N–H and O–H groups in total. The Morgan fingerprint density at radius 3 is 2.78 bits per heavy atom. The van der Waals surface area contributed by atoms with Crippen molar-refractivity contribution in [3.63, 3.8) is 0 Å². The number of aliphatic carboxylic acids is 1. The fraction of sp³-hybridized carbons (Fsp3) is 0.167. The maximum absolute atomic E-state index is 13.5. The van der Waals surface area contributed by atoms with Gasteiger partial charge < -0.3 is 15.2 Å². The van der Waals surface area contributed by atoms with Gasteiger partial charge in [0.2, 0.25) is 5.91 Å². The summed E-state index contributed by atoms with van der Waals surface area (Å²) in [5.41, 5.74) is 0.407. The molecule has 0 saturated heterocycles. The maximum Gasteiger partial charge on any atom is 0.328 e. The van der Waals surface area contributed by atoms with E-state index in [9.17, 15) is 14.0 Å². The average molecular weight is 253 g/mol. The molecule has 0 aliphatic heterocycles. The largest absolute Gasteiger partial charge is 0.478 e. The smallest absolute Gasteiger partial charge is 0.328 e. The van der Waals surface area contributed by atoms with E-state index in [0.717, 1.165) is 12.1 Å². The number of carbonyl (C=O) groups excluding carboxylic acids is 1. The Bertz CT molecular complexity index is 485. The highest BCUT2D eigenvalue weighted by Gasteiger charge is 2.06. The third-order valence-corrected chi connectivity index (χ3v) is 1.96. The summed E-state index contributed by atoms with van der Waals surface area (Å²) in [6.07, 6.45) is 2.16. The Hall–Kier alpha value is -2.21. The zero-order valence-corrected chi connectivity index (χ0v) is 9.64. The van der Waals surface area contributed by atoms with E-state index >= 15 is 0 Å². The quantitative estimate of drug-likeness (QED) is 0.780. The van der Waals surface area contributed by atoms with Gasteiger partial charge in [0.25, 0.3) is 0 Å². The molecule has 0 unspecified atom stereocenters. The summed E-state index contributed by atoms with van der Waals surface area (Å²) in [5.74, 6) is -2.23. The molecule has 0 aliphatic rings. The maximum atomic E-state index is 13.5. The third-order valence-electron chi connectivity index (χ3n) is 1.96. The van der Waals surface area contributed by atoms with E-state index in [1.807, 2.05) is 0 Å². The first-order valence-corrected chi connectivity index (χ1v) is 5.02. The molecule has 1 rings (SSSR count). The second kappa shape index (κ2) is 6.51. The summed E-state index contributed by atoms with van der Waals surface area (Å²) in [4.78, 5) is 21.5. The first-order chi connectivity index (χ1) is 8.52. The normalized spacial score (nSPS) is 10.6. The topological polar surface area (TPSA) is 75.6 Å². The molecule has 18 heavy (non-hydrogen) atoms. The number of benzene rings is 1. The highest BCUT2D eigenvalue weighted by atomic mass is 19.1. The summed E-state index contributed by atoms with van der Waals surface area (Å²) in [5, 5.41) is 10.7. The van der Waals surface area contributed by atoms with Crippen LogP contribution in [-0.4, -0.2) is 30.7 Å². The number of carbonyl (C=O) groups is 2. The molecule has 0 aliphatic carbocycles. The summed E-state index contributed by atoms with van der Waals surface area (Å²) in [6, 6.07) is 3.97. The number of methoxy groups -OCH3 is 1. The minimum atomic E-state index is -1.12. The summed E-state index contributed by atoms with van der Waals surface area (Å²) in [6.45, 7) is -0.167. The van der Waals surface area contributed by atoms with Crippen LogP contribution in [0.1, 0.15) is 5.56 Å². The standard InChI is InChI=1S/C12H12FNO4/c1-18-7-11(15)14-10-4-2-8(6-9(10)13)3-5-12(16)17/h2-6H,7H2,1H3,(H,14,15)(H,16,17). The fourth-order valence-electron chi connectivity index (χ4n) is 1.22. The van der Waals surface area contributed by atoms with Crippen molar-refractivity contribution in [1.29, 1.82) is 0 Å². The van der Waals surface area contributed by atoms with Crippen LogP contribution in [-0.2, 0) is 14.3 Å². The molecule has 0 radical (unpaired) electrons. The molecule has 0 heterocycles. The van der Waals surface area contributed by atoms with Crippen LogP contribution < -0.4 is 5.32 Å². The molecule has 1 aromatic rings. The summed E-state index contributed by atoms with van der Waals surface area (Å²) in [7, 11) is 1.36. The van der Waals surface area contributed by atoms with Crippen LogP contribution in [0.2, 0.25) is 0 Å². The van der Waals surface area contributed by atoms with Crippen molar-refractivity contribution in [1.82, 2.24) is 0 Å². The van der Waals surface area contributed by atoms with E-state index in [0.29, 0.717) is 5.56 Å². The molecule has 1 aromatic carbocycles. The molecule has 0 spiro atoms. The first kappa shape index (κ1) is 13.9. The van der Waals surface area contributed by atoms with E-state index in [1.54, 1.807) is 0 Å². The monoisotopic (exact) mass is 253 g/mol. The zero-order chi connectivity index (χ0) is 13.5. The predicted octanol–water partition coefficient (Wildman–Crippen LogP) is 1.51. The van der Waals surface area contributed by atoms with Crippen molar-refractivity contribution in [2.45, 2.75) is 0 Å². The second-order valence-electron chi connectivity index (χ2n) is 3.39. The molecule has 0 bridgehead atoms. The minimum absolute atomic E-state index is 0.0181. The van der Waals surface area contributed by atoms with E-state index in [1.165, 1.54) is 25.3 Å². The van der Waals surface area contributed by atoms with Gasteiger partial charge in [-0.1, -0.05) is 6.07 Å². The number of hydrogen-bond acceptors (Lipinski definition) is 3.